The number of hydrogen-bond acceptors (Lipinski definition) is 2. The summed E-state index contributed by atoms with van der Waals surface area (Å²) in [6.07, 6.45) is 0. The van der Waals surface area contributed by atoms with Gasteiger partial charge in [-0.25, -0.2) is 8.78 Å². The number of nitrogens with one attached hydrogen (secondary N) is 1. The Morgan fingerprint density at radius 2 is 2.00 bits per heavy atom. The van der Waals surface area contributed by atoms with Gasteiger partial charge in [0.15, 0.2) is 0 Å². The highest BCUT2D eigenvalue weighted by molar-refractivity contribution is 7.10. The van der Waals surface area contributed by atoms with Crippen LogP contribution in [-0.2, 0) is 0 Å². The van der Waals surface area contributed by atoms with E-state index >= 15 is 0 Å². The first-order valence-corrected chi connectivity index (χ1v) is 6.17. The minimum absolute atomic E-state index is 0.228. The van der Waals surface area contributed by atoms with Crippen molar-refractivity contribution in [3.63, 3.8) is 0 Å². The first-order chi connectivity index (χ1) is 8.13. The van der Waals surface area contributed by atoms with Crippen LogP contribution in [0.5, 0.6) is 0 Å². The van der Waals surface area contributed by atoms with Crippen molar-refractivity contribution in [2.75, 3.05) is 7.05 Å². The lowest BCUT2D eigenvalue weighted by Gasteiger charge is -2.16. The molecule has 2 aromatic rings. The van der Waals surface area contributed by atoms with E-state index in [1.54, 1.807) is 31.4 Å². The molecule has 0 aliphatic rings. The zero-order chi connectivity index (χ0) is 12.4. The zero-order valence-electron chi connectivity index (χ0n) is 9.63. The third-order valence-corrected chi connectivity index (χ3v) is 3.64. The van der Waals surface area contributed by atoms with E-state index in [4.69, 9.17) is 0 Å². The normalized spacial score (nSPS) is 12.7. The van der Waals surface area contributed by atoms with Crippen molar-refractivity contribution in [1.82, 2.24) is 5.32 Å². The van der Waals surface area contributed by atoms with Crippen molar-refractivity contribution in [3.8, 4) is 0 Å². The maximum Gasteiger partial charge on any atom is 0.131 e. The molecule has 0 radical (unpaired) electrons. The minimum Gasteiger partial charge on any atom is -0.309 e. The van der Waals surface area contributed by atoms with Gasteiger partial charge in [-0.3, -0.25) is 0 Å². The summed E-state index contributed by atoms with van der Waals surface area (Å²) in [6.45, 7) is 1.64. The lowest BCUT2D eigenvalue weighted by Crippen LogP contribution is -2.18. The maximum atomic E-state index is 13.8. The fourth-order valence-corrected chi connectivity index (χ4v) is 2.66. The van der Waals surface area contributed by atoms with Crippen LogP contribution in [0.2, 0.25) is 0 Å². The van der Waals surface area contributed by atoms with E-state index in [1.807, 2.05) is 17.5 Å². The maximum absolute atomic E-state index is 13.8. The third kappa shape index (κ3) is 2.37. The smallest absolute Gasteiger partial charge is 0.131 e. The third-order valence-electron chi connectivity index (χ3n) is 2.71. The second kappa shape index (κ2) is 4.94. The van der Waals surface area contributed by atoms with Crippen LogP contribution in [0.25, 0.3) is 0 Å². The van der Waals surface area contributed by atoms with Gasteiger partial charge in [-0.2, -0.15) is 0 Å². The molecule has 0 bridgehead atoms. The van der Waals surface area contributed by atoms with Crippen LogP contribution >= 0.6 is 11.3 Å². The number of hydrogen-bond donors (Lipinski definition) is 1. The van der Waals surface area contributed by atoms with Gasteiger partial charge in [-0.15, -0.1) is 11.3 Å². The number of thiophene rings is 1. The van der Waals surface area contributed by atoms with E-state index in [-0.39, 0.29) is 6.04 Å². The Morgan fingerprint density at radius 3 is 2.59 bits per heavy atom. The lowest BCUT2D eigenvalue weighted by atomic mass is 10.0. The van der Waals surface area contributed by atoms with Gasteiger partial charge >= 0.3 is 0 Å². The molecule has 0 saturated heterocycles. The van der Waals surface area contributed by atoms with E-state index in [0.717, 1.165) is 10.9 Å². The van der Waals surface area contributed by atoms with Crippen LogP contribution in [-0.4, -0.2) is 7.05 Å². The van der Waals surface area contributed by atoms with E-state index in [2.05, 4.69) is 5.32 Å². The first-order valence-electron chi connectivity index (χ1n) is 5.29. The Balaban J connectivity index is 2.48. The number of rotatable bonds is 3. The van der Waals surface area contributed by atoms with E-state index < -0.39 is 11.6 Å². The van der Waals surface area contributed by atoms with Gasteiger partial charge in [0.2, 0.25) is 0 Å². The van der Waals surface area contributed by atoms with Gasteiger partial charge in [0, 0.05) is 16.5 Å². The molecule has 0 amide bonds. The molecule has 90 valence electrons. The van der Waals surface area contributed by atoms with E-state index in [0.29, 0.717) is 11.1 Å². The number of benzene rings is 1. The van der Waals surface area contributed by atoms with Gasteiger partial charge in [0.25, 0.3) is 0 Å². The SMILES string of the molecule is CNC(c1cccs1)c1cc(C)c(F)cc1F. The van der Waals surface area contributed by atoms with E-state index in [1.165, 1.54) is 0 Å². The Kier molecular flexibility index (Phi) is 3.54. The molecule has 1 unspecified atom stereocenters. The van der Waals surface area contributed by atoms with Crippen LogP contribution in [0.15, 0.2) is 29.6 Å². The second-order valence-corrected chi connectivity index (χ2v) is 4.84. The molecule has 1 atom stereocenters. The van der Waals surface area contributed by atoms with Gasteiger partial charge in [-0.05, 0) is 37.0 Å². The summed E-state index contributed by atoms with van der Waals surface area (Å²) in [4.78, 5) is 1.01. The minimum atomic E-state index is -0.513. The summed E-state index contributed by atoms with van der Waals surface area (Å²) in [5, 5.41) is 4.99. The molecular formula is C13H13F2NS. The monoisotopic (exact) mass is 253 g/mol. The summed E-state index contributed by atoms with van der Waals surface area (Å²) in [5.41, 5.74) is 0.937. The highest BCUT2D eigenvalue weighted by Crippen LogP contribution is 2.28. The molecule has 1 aromatic heterocycles. The van der Waals surface area contributed by atoms with Crippen molar-refractivity contribution in [1.29, 1.82) is 0 Å². The van der Waals surface area contributed by atoms with Crippen molar-refractivity contribution < 1.29 is 8.78 Å². The summed E-state index contributed by atoms with van der Waals surface area (Å²) in [5.74, 6) is -1.02. The standard InChI is InChI=1S/C13H13F2NS/c1-8-6-9(11(15)7-10(8)14)13(16-2)12-4-3-5-17-12/h3-7,13,16H,1-2H3. The fourth-order valence-electron chi connectivity index (χ4n) is 1.81. The molecule has 1 aromatic carbocycles. The largest absolute Gasteiger partial charge is 0.309 e. The van der Waals surface area contributed by atoms with Gasteiger partial charge in [-0.1, -0.05) is 6.07 Å². The van der Waals surface area contributed by atoms with Gasteiger partial charge < -0.3 is 5.32 Å². The van der Waals surface area contributed by atoms with Crippen molar-refractivity contribution >= 4 is 11.3 Å². The first kappa shape index (κ1) is 12.2. The average molecular weight is 253 g/mol. The Bertz CT molecular complexity index is 508. The second-order valence-electron chi connectivity index (χ2n) is 3.86. The number of aryl methyl sites for hydroxylation is 1. The van der Waals surface area contributed by atoms with Crippen molar-refractivity contribution in [2.45, 2.75) is 13.0 Å². The molecule has 1 N–H and O–H groups in total. The Labute approximate surface area is 103 Å². The molecule has 0 fully saturated rings. The van der Waals surface area contributed by atoms with Crippen LogP contribution < -0.4 is 5.32 Å². The van der Waals surface area contributed by atoms with Crippen molar-refractivity contribution in [3.05, 3.63) is 57.3 Å². The van der Waals surface area contributed by atoms with Crippen LogP contribution in [0, 0.1) is 18.6 Å². The predicted octanol–water partition coefficient (Wildman–Crippen LogP) is 3.64. The Morgan fingerprint density at radius 1 is 1.24 bits per heavy atom. The molecule has 1 nitrogen and oxygen atoms in total. The fraction of sp³-hybridized carbons (Fsp3) is 0.231. The molecule has 17 heavy (non-hydrogen) atoms. The van der Waals surface area contributed by atoms with Gasteiger partial charge in [0.05, 0.1) is 6.04 Å². The zero-order valence-corrected chi connectivity index (χ0v) is 10.4. The summed E-state index contributed by atoms with van der Waals surface area (Å²) < 4.78 is 27.0. The molecule has 0 aliphatic heterocycles. The molecule has 2 rings (SSSR count). The highest BCUT2D eigenvalue weighted by Gasteiger charge is 2.18. The molecule has 0 spiro atoms. The van der Waals surface area contributed by atoms with Crippen LogP contribution in [0.4, 0.5) is 8.78 Å². The summed E-state index contributed by atoms with van der Waals surface area (Å²) >= 11 is 1.55. The average Bonchev–Trinajstić information content (AvgIpc) is 2.80. The van der Waals surface area contributed by atoms with Crippen molar-refractivity contribution in [2.24, 2.45) is 0 Å². The van der Waals surface area contributed by atoms with Crippen LogP contribution in [0.1, 0.15) is 22.0 Å². The van der Waals surface area contributed by atoms with E-state index in [9.17, 15) is 8.78 Å². The van der Waals surface area contributed by atoms with Crippen LogP contribution in [0.3, 0.4) is 0 Å². The highest BCUT2D eigenvalue weighted by atomic mass is 32.1. The predicted molar refractivity (Wildman–Crippen MR) is 66.3 cm³/mol. The quantitative estimate of drug-likeness (QED) is 0.880. The summed E-state index contributed by atoms with van der Waals surface area (Å²) in [7, 11) is 1.77. The number of halogens is 2. The topological polar surface area (TPSA) is 12.0 Å². The molecule has 4 heteroatoms. The molecular weight excluding hydrogens is 240 g/mol. The molecule has 0 aliphatic carbocycles. The summed E-state index contributed by atoms with van der Waals surface area (Å²) in [6, 6.07) is 6.13. The Hall–Kier alpha value is -1.26. The molecule has 1 heterocycles. The van der Waals surface area contributed by atoms with Gasteiger partial charge in [0.1, 0.15) is 11.6 Å². The lowest BCUT2D eigenvalue weighted by molar-refractivity contribution is 0.549. The molecule has 0 saturated carbocycles.